The molecule has 0 unspecified atom stereocenters. The van der Waals surface area contributed by atoms with Crippen molar-refractivity contribution in [3.05, 3.63) is 29.8 Å². The van der Waals surface area contributed by atoms with Crippen LogP contribution in [0.25, 0.3) is 5.69 Å². The van der Waals surface area contributed by atoms with Crippen LogP contribution in [0.1, 0.15) is 12.0 Å². The van der Waals surface area contributed by atoms with Crippen LogP contribution in [0.15, 0.2) is 29.4 Å². The number of hydrogen-bond donors (Lipinski definition) is 0. The average Bonchev–Trinajstić information content (AvgIpc) is 2.98. The van der Waals surface area contributed by atoms with E-state index in [0.29, 0.717) is 18.1 Å². The van der Waals surface area contributed by atoms with Crippen LogP contribution in [0, 0.1) is 18.3 Å². The monoisotopic (exact) mass is 316 g/mol. The van der Waals surface area contributed by atoms with Gasteiger partial charge in [0.25, 0.3) is 0 Å². The van der Waals surface area contributed by atoms with Crippen molar-refractivity contribution in [1.29, 1.82) is 5.26 Å². The van der Waals surface area contributed by atoms with Crippen molar-refractivity contribution in [2.45, 2.75) is 18.5 Å². The van der Waals surface area contributed by atoms with Gasteiger partial charge in [0.15, 0.2) is 0 Å². The predicted octanol–water partition coefficient (Wildman–Crippen LogP) is 1.43. The number of amides is 1. The Labute approximate surface area is 132 Å². The molecule has 0 saturated carbocycles. The molecule has 0 atom stereocenters. The number of carbonyl (C=O) groups is 1. The van der Waals surface area contributed by atoms with E-state index in [4.69, 9.17) is 5.26 Å². The van der Waals surface area contributed by atoms with E-state index in [9.17, 15) is 4.79 Å². The largest absolute Gasteiger partial charge is 0.344 e. The normalized spacial score (nSPS) is 10.2. The minimum Gasteiger partial charge on any atom is -0.344 e. The van der Waals surface area contributed by atoms with Crippen LogP contribution >= 0.6 is 11.8 Å². The quantitative estimate of drug-likeness (QED) is 0.749. The lowest BCUT2D eigenvalue weighted by molar-refractivity contribution is -0.127. The van der Waals surface area contributed by atoms with E-state index >= 15 is 0 Å². The van der Waals surface area contributed by atoms with Crippen molar-refractivity contribution in [3.63, 3.8) is 0 Å². The maximum atomic E-state index is 12.0. The maximum Gasteiger partial charge on any atom is 0.232 e. The fraction of sp³-hybridized carbons (Fsp3) is 0.357. The number of rotatable bonds is 6. The van der Waals surface area contributed by atoms with E-state index in [-0.39, 0.29) is 11.7 Å². The Kier molecular flexibility index (Phi) is 5.49. The van der Waals surface area contributed by atoms with E-state index in [0.717, 1.165) is 11.3 Å². The van der Waals surface area contributed by atoms with Crippen LogP contribution in [0.3, 0.4) is 0 Å². The molecule has 0 fully saturated rings. The van der Waals surface area contributed by atoms with Crippen LogP contribution < -0.4 is 0 Å². The van der Waals surface area contributed by atoms with Crippen molar-refractivity contribution in [3.8, 4) is 11.8 Å². The van der Waals surface area contributed by atoms with Gasteiger partial charge in [-0.3, -0.25) is 4.79 Å². The fourth-order valence-corrected chi connectivity index (χ4v) is 2.60. The number of aryl methyl sites for hydroxylation is 1. The zero-order chi connectivity index (χ0) is 15.9. The van der Waals surface area contributed by atoms with Gasteiger partial charge in [0.1, 0.15) is 0 Å². The van der Waals surface area contributed by atoms with Gasteiger partial charge >= 0.3 is 0 Å². The molecule has 0 bridgehead atoms. The second-order valence-corrected chi connectivity index (χ2v) is 5.67. The van der Waals surface area contributed by atoms with Gasteiger partial charge in [-0.15, -0.1) is 5.10 Å². The Balaban J connectivity index is 2.02. The average molecular weight is 316 g/mol. The third kappa shape index (κ3) is 4.05. The molecule has 0 aliphatic carbocycles. The van der Waals surface area contributed by atoms with E-state index in [1.54, 1.807) is 11.7 Å². The maximum absolute atomic E-state index is 12.0. The Morgan fingerprint density at radius 3 is 3.05 bits per heavy atom. The Bertz CT molecular complexity index is 693. The summed E-state index contributed by atoms with van der Waals surface area (Å²) >= 11 is 1.28. The Morgan fingerprint density at radius 1 is 1.50 bits per heavy atom. The molecular formula is C14H16N6OS. The Morgan fingerprint density at radius 2 is 2.32 bits per heavy atom. The zero-order valence-corrected chi connectivity index (χ0v) is 13.2. The molecule has 0 aliphatic heterocycles. The van der Waals surface area contributed by atoms with E-state index in [1.165, 1.54) is 16.7 Å². The zero-order valence-electron chi connectivity index (χ0n) is 12.4. The molecule has 7 nitrogen and oxygen atoms in total. The third-order valence-electron chi connectivity index (χ3n) is 3.00. The van der Waals surface area contributed by atoms with Crippen molar-refractivity contribution < 1.29 is 4.79 Å². The molecule has 22 heavy (non-hydrogen) atoms. The van der Waals surface area contributed by atoms with Crippen molar-refractivity contribution in [2.75, 3.05) is 19.3 Å². The lowest BCUT2D eigenvalue weighted by Gasteiger charge is -2.14. The summed E-state index contributed by atoms with van der Waals surface area (Å²) in [5, 5.41) is 20.7. The van der Waals surface area contributed by atoms with Gasteiger partial charge in [-0.05, 0) is 35.0 Å². The highest BCUT2D eigenvalue weighted by Gasteiger charge is 2.14. The molecule has 0 saturated heterocycles. The van der Waals surface area contributed by atoms with Crippen LogP contribution in [0.4, 0.5) is 0 Å². The molecule has 114 valence electrons. The number of carbonyl (C=O) groups excluding carboxylic acids is 1. The van der Waals surface area contributed by atoms with Crippen molar-refractivity contribution >= 4 is 17.7 Å². The number of thioether (sulfide) groups is 1. The molecular weight excluding hydrogens is 300 g/mol. The summed E-state index contributed by atoms with van der Waals surface area (Å²) in [4.78, 5) is 13.5. The van der Waals surface area contributed by atoms with E-state index < -0.39 is 0 Å². The number of nitrogens with zero attached hydrogens (tertiary/aromatic N) is 6. The van der Waals surface area contributed by atoms with E-state index in [2.05, 4.69) is 15.5 Å². The van der Waals surface area contributed by atoms with Gasteiger partial charge in [0.2, 0.25) is 11.1 Å². The summed E-state index contributed by atoms with van der Waals surface area (Å²) in [6.45, 7) is 2.42. The lowest BCUT2D eigenvalue weighted by Crippen LogP contribution is -2.29. The number of tetrazole rings is 1. The topological polar surface area (TPSA) is 87.7 Å². The summed E-state index contributed by atoms with van der Waals surface area (Å²) in [7, 11) is 1.68. The molecule has 0 aliphatic rings. The van der Waals surface area contributed by atoms with Gasteiger partial charge in [0, 0.05) is 13.6 Å². The summed E-state index contributed by atoms with van der Waals surface area (Å²) in [5.41, 5.74) is 1.97. The molecule has 2 aromatic rings. The van der Waals surface area contributed by atoms with Crippen LogP contribution in [0.5, 0.6) is 0 Å². The highest BCUT2D eigenvalue weighted by molar-refractivity contribution is 7.99. The molecule has 8 heteroatoms. The number of benzene rings is 1. The highest BCUT2D eigenvalue weighted by Crippen LogP contribution is 2.19. The van der Waals surface area contributed by atoms with E-state index in [1.807, 2.05) is 37.3 Å². The Hall–Kier alpha value is -2.40. The van der Waals surface area contributed by atoms with Crippen LogP contribution in [0.2, 0.25) is 0 Å². The third-order valence-corrected chi connectivity index (χ3v) is 3.90. The highest BCUT2D eigenvalue weighted by atomic mass is 32.2. The fourth-order valence-electron chi connectivity index (χ4n) is 1.77. The van der Waals surface area contributed by atoms with Gasteiger partial charge in [-0.25, -0.2) is 0 Å². The molecule has 2 rings (SSSR count). The minimum absolute atomic E-state index is 0.0564. The number of nitriles is 1. The van der Waals surface area contributed by atoms with Gasteiger partial charge < -0.3 is 4.90 Å². The first-order valence-electron chi connectivity index (χ1n) is 6.71. The molecule has 1 amide bonds. The first-order valence-corrected chi connectivity index (χ1v) is 7.69. The summed E-state index contributed by atoms with van der Waals surface area (Å²) in [6.07, 6.45) is 0.327. The van der Waals surface area contributed by atoms with Gasteiger partial charge in [-0.2, -0.15) is 9.94 Å². The first-order chi connectivity index (χ1) is 10.6. The number of aromatic nitrogens is 4. The molecule has 1 aromatic carbocycles. The molecule has 0 radical (unpaired) electrons. The SMILES string of the molecule is Cc1cccc(-n2nnnc2SCC(=O)N(C)CCC#N)c1. The van der Waals surface area contributed by atoms with Crippen LogP contribution in [-0.4, -0.2) is 50.4 Å². The van der Waals surface area contributed by atoms with Crippen molar-refractivity contribution in [1.82, 2.24) is 25.1 Å². The molecule has 1 heterocycles. The van der Waals surface area contributed by atoms with Crippen molar-refractivity contribution in [2.24, 2.45) is 0 Å². The first kappa shape index (κ1) is 16.0. The van der Waals surface area contributed by atoms with Crippen LogP contribution in [-0.2, 0) is 4.79 Å². The summed E-state index contributed by atoms with van der Waals surface area (Å²) in [6, 6.07) is 9.83. The minimum atomic E-state index is -0.0564. The molecule has 1 aromatic heterocycles. The predicted molar refractivity (Wildman–Crippen MR) is 82.5 cm³/mol. The smallest absolute Gasteiger partial charge is 0.232 e. The summed E-state index contributed by atoms with van der Waals surface area (Å²) in [5.74, 6) is 0.174. The second kappa shape index (κ2) is 7.56. The standard InChI is InChI=1S/C14H16N6OS/c1-11-5-3-6-12(9-11)20-14(16-17-18-20)22-10-13(21)19(2)8-4-7-15/h3,5-6,9H,4,8,10H2,1-2H3. The summed E-state index contributed by atoms with van der Waals surface area (Å²) < 4.78 is 1.61. The molecule has 0 spiro atoms. The lowest BCUT2D eigenvalue weighted by atomic mass is 10.2. The second-order valence-electron chi connectivity index (χ2n) is 4.72. The van der Waals surface area contributed by atoms with Gasteiger partial charge in [0.05, 0.1) is 23.9 Å². The number of hydrogen-bond acceptors (Lipinski definition) is 6. The molecule has 0 N–H and O–H groups in total. The van der Waals surface area contributed by atoms with Gasteiger partial charge in [-0.1, -0.05) is 23.9 Å².